The lowest BCUT2D eigenvalue weighted by Crippen LogP contribution is -2.04. The maximum atomic E-state index is 11.4. The van der Waals surface area contributed by atoms with Crippen LogP contribution < -0.4 is 5.32 Å². The Kier molecular flexibility index (Phi) is 4.87. The molecule has 6 heteroatoms. The summed E-state index contributed by atoms with van der Waals surface area (Å²) in [5.41, 5.74) is 1.09. The third-order valence-corrected chi connectivity index (χ3v) is 5.03. The van der Waals surface area contributed by atoms with Crippen LogP contribution in [0.2, 0.25) is 0 Å². The number of nitrogens with one attached hydrogen (secondary N) is 1. The number of anilines is 1. The van der Waals surface area contributed by atoms with Crippen molar-refractivity contribution in [2.75, 3.05) is 11.6 Å². The van der Waals surface area contributed by atoms with Gasteiger partial charge in [0.15, 0.2) is 0 Å². The first-order valence-electron chi connectivity index (χ1n) is 7.72. The summed E-state index contributed by atoms with van der Waals surface area (Å²) >= 11 is 0. The van der Waals surface area contributed by atoms with E-state index in [1.165, 1.54) is 19.3 Å². The molecule has 5 nitrogen and oxygen atoms in total. The zero-order chi connectivity index (χ0) is 15.4. The van der Waals surface area contributed by atoms with Gasteiger partial charge in [-0.1, -0.05) is 36.5 Å². The predicted octanol–water partition coefficient (Wildman–Crippen LogP) is 3.47. The summed E-state index contributed by atoms with van der Waals surface area (Å²) in [5.74, 6) is 1.19. The Bertz CT molecular complexity index is 633. The van der Waals surface area contributed by atoms with Gasteiger partial charge >= 0.3 is 6.01 Å². The fourth-order valence-corrected chi connectivity index (χ4v) is 3.32. The van der Waals surface area contributed by atoms with Crippen LogP contribution in [0.5, 0.6) is 0 Å². The van der Waals surface area contributed by atoms with Crippen molar-refractivity contribution >= 4 is 16.8 Å². The second-order valence-corrected chi connectivity index (χ2v) is 7.11. The van der Waals surface area contributed by atoms with Gasteiger partial charge in [0.05, 0.1) is 0 Å². The second kappa shape index (κ2) is 7.05. The third-order valence-electron chi connectivity index (χ3n) is 4.09. The maximum absolute atomic E-state index is 11.4. The van der Waals surface area contributed by atoms with Crippen LogP contribution in [0.4, 0.5) is 6.01 Å². The molecule has 0 saturated heterocycles. The molecule has 3 rings (SSSR count). The Balaban J connectivity index is 1.57. The Morgan fingerprint density at radius 1 is 1.18 bits per heavy atom. The molecule has 1 aromatic heterocycles. The van der Waals surface area contributed by atoms with E-state index in [1.807, 2.05) is 24.3 Å². The molecule has 0 aliphatic heterocycles. The van der Waals surface area contributed by atoms with Gasteiger partial charge < -0.3 is 9.73 Å². The monoisotopic (exact) mass is 319 g/mol. The Morgan fingerprint density at radius 3 is 2.59 bits per heavy atom. The van der Waals surface area contributed by atoms with E-state index in [9.17, 15) is 4.21 Å². The van der Waals surface area contributed by atoms with Crippen molar-refractivity contribution in [3.8, 4) is 0 Å². The number of hydrogen-bond donors (Lipinski definition) is 1. The summed E-state index contributed by atoms with van der Waals surface area (Å²) in [7, 11) is -0.938. The molecular formula is C16H21N3O2S. The maximum Gasteiger partial charge on any atom is 0.315 e. The molecule has 0 radical (unpaired) electrons. The number of rotatable bonds is 5. The van der Waals surface area contributed by atoms with Gasteiger partial charge in [-0.15, -0.1) is 5.10 Å². The first-order chi connectivity index (χ1) is 10.7. The van der Waals surface area contributed by atoms with E-state index in [0.717, 1.165) is 29.2 Å². The van der Waals surface area contributed by atoms with E-state index < -0.39 is 10.8 Å². The minimum absolute atomic E-state index is 0.426. The number of benzene rings is 1. The highest BCUT2D eigenvalue weighted by Crippen LogP contribution is 2.32. The number of aromatic nitrogens is 2. The van der Waals surface area contributed by atoms with Crippen molar-refractivity contribution in [2.24, 2.45) is 0 Å². The van der Waals surface area contributed by atoms with Crippen molar-refractivity contribution in [1.29, 1.82) is 0 Å². The van der Waals surface area contributed by atoms with Crippen molar-refractivity contribution in [3.63, 3.8) is 0 Å². The van der Waals surface area contributed by atoms with Crippen LogP contribution in [-0.4, -0.2) is 20.7 Å². The molecule has 1 N–H and O–H groups in total. The molecule has 0 bridgehead atoms. The summed E-state index contributed by atoms with van der Waals surface area (Å²) in [6, 6.07) is 8.16. The van der Waals surface area contributed by atoms with Crippen LogP contribution in [0.15, 0.2) is 33.6 Å². The molecule has 1 heterocycles. The molecule has 1 aromatic carbocycles. The predicted molar refractivity (Wildman–Crippen MR) is 86.2 cm³/mol. The van der Waals surface area contributed by atoms with Gasteiger partial charge in [-0.25, -0.2) is 0 Å². The quantitative estimate of drug-likeness (QED) is 0.914. The lowest BCUT2D eigenvalue weighted by molar-refractivity contribution is 0.367. The van der Waals surface area contributed by atoms with Crippen LogP contribution >= 0.6 is 0 Å². The molecule has 0 amide bonds. The van der Waals surface area contributed by atoms with Crippen LogP contribution in [0.25, 0.3) is 0 Å². The highest BCUT2D eigenvalue weighted by atomic mass is 32.2. The van der Waals surface area contributed by atoms with Gasteiger partial charge in [0.1, 0.15) is 0 Å². The largest absolute Gasteiger partial charge is 0.408 e. The second-order valence-electron chi connectivity index (χ2n) is 5.73. The molecule has 2 aromatic rings. The first kappa shape index (κ1) is 15.2. The van der Waals surface area contributed by atoms with Crippen LogP contribution in [0.1, 0.15) is 49.5 Å². The molecule has 1 aliphatic carbocycles. The summed E-state index contributed by atoms with van der Waals surface area (Å²) in [5, 5.41) is 11.4. The van der Waals surface area contributed by atoms with Gasteiger partial charge in [0.25, 0.3) is 0 Å². The summed E-state index contributed by atoms with van der Waals surface area (Å²) in [6.45, 7) is 0.614. The number of nitrogens with zero attached hydrogens (tertiary/aromatic N) is 2. The smallest absolute Gasteiger partial charge is 0.315 e. The van der Waals surface area contributed by atoms with E-state index in [2.05, 4.69) is 15.5 Å². The summed E-state index contributed by atoms with van der Waals surface area (Å²) < 4.78 is 17.1. The van der Waals surface area contributed by atoms with Gasteiger partial charge in [-0.05, 0) is 30.5 Å². The Hall–Kier alpha value is -1.69. The first-order valence-corrected chi connectivity index (χ1v) is 9.28. The van der Waals surface area contributed by atoms with Crippen LogP contribution in [0, 0.1) is 0 Å². The van der Waals surface area contributed by atoms with Crippen LogP contribution in [-0.2, 0) is 17.3 Å². The molecule has 1 atom stereocenters. The van der Waals surface area contributed by atoms with Crippen molar-refractivity contribution in [1.82, 2.24) is 10.2 Å². The van der Waals surface area contributed by atoms with Gasteiger partial charge in [-0.2, -0.15) is 0 Å². The molecule has 1 fully saturated rings. The fourth-order valence-electron chi connectivity index (χ4n) is 2.80. The van der Waals surface area contributed by atoms with Crippen molar-refractivity contribution in [3.05, 3.63) is 35.7 Å². The molecular weight excluding hydrogens is 298 g/mol. The minimum Gasteiger partial charge on any atom is -0.408 e. The number of hydrogen-bond acceptors (Lipinski definition) is 5. The van der Waals surface area contributed by atoms with E-state index in [1.54, 1.807) is 6.26 Å². The zero-order valence-electron chi connectivity index (χ0n) is 12.7. The lowest BCUT2D eigenvalue weighted by Gasteiger charge is -2.17. The fraction of sp³-hybridized carbons (Fsp3) is 0.500. The third kappa shape index (κ3) is 3.74. The lowest BCUT2D eigenvalue weighted by atomic mass is 9.89. The molecule has 1 aliphatic rings. The van der Waals surface area contributed by atoms with E-state index in [4.69, 9.17) is 4.42 Å². The van der Waals surface area contributed by atoms with Gasteiger partial charge in [0, 0.05) is 34.4 Å². The highest BCUT2D eigenvalue weighted by molar-refractivity contribution is 7.84. The molecule has 1 saturated carbocycles. The molecule has 1 unspecified atom stereocenters. The zero-order valence-corrected chi connectivity index (χ0v) is 13.6. The van der Waals surface area contributed by atoms with E-state index in [-0.39, 0.29) is 0 Å². The summed E-state index contributed by atoms with van der Waals surface area (Å²) in [4.78, 5) is 0.834. The van der Waals surface area contributed by atoms with Gasteiger partial charge in [0.2, 0.25) is 5.89 Å². The average molecular weight is 319 g/mol. The highest BCUT2D eigenvalue weighted by Gasteiger charge is 2.21. The van der Waals surface area contributed by atoms with E-state index >= 15 is 0 Å². The topological polar surface area (TPSA) is 68.0 Å². The molecule has 0 spiro atoms. The standard InChI is InChI=1S/C16H21N3O2S/c1-22(20)14-9-7-12(8-10-14)11-17-16-19-18-15(21-16)13-5-3-2-4-6-13/h7-10,13H,2-6,11H2,1H3,(H,17,19). The SMILES string of the molecule is CS(=O)c1ccc(CNc2nnc(C3CCCCC3)o2)cc1. The molecule has 118 valence electrons. The van der Waals surface area contributed by atoms with Gasteiger partial charge in [-0.3, -0.25) is 4.21 Å². The van der Waals surface area contributed by atoms with Crippen molar-refractivity contribution in [2.45, 2.75) is 49.5 Å². The minimum atomic E-state index is -0.938. The Morgan fingerprint density at radius 2 is 1.91 bits per heavy atom. The van der Waals surface area contributed by atoms with Crippen LogP contribution in [0.3, 0.4) is 0 Å². The van der Waals surface area contributed by atoms with Crippen molar-refractivity contribution < 1.29 is 8.63 Å². The normalized spacial score (nSPS) is 17.3. The Labute approximate surface area is 133 Å². The average Bonchev–Trinajstić information content (AvgIpc) is 3.03. The van der Waals surface area contributed by atoms with E-state index in [0.29, 0.717) is 18.5 Å². The molecule has 22 heavy (non-hydrogen) atoms. The summed E-state index contributed by atoms with van der Waals surface area (Å²) in [6.07, 6.45) is 7.79.